The number of rotatable bonds is 2. The Hall–Kier alpha value is -2.22. The zero-order valence-electron chi connectivity index (χ0n) is 10.7. The molecule has 0 saturated heterocycles. The Morgan fingerprint density at radius 2 is 1.95 bits per heavy atom. The van der Waals surface area contributed by atoms with Crippen LogP contribution in [-0.2, 0) is 13.0 Å². The van der Waals surface area contributed by atoms with Crippen molar-refractivity contribution in [3.8, 4) is 0 Å². The summed E-state index contributed by atoms with van der Waals surface area (Å²) in [5, 5.41) is 1.16. The first-order chi connectivity index (χ1) is 9.33. The molecule has 0 saturated carbocycles. The molecule has 2 nitrogen and oxygen atoms in total. The van der Waals surface area contributed by atoms with Gasteiger partial charge in [-0.25, -0.2) is 0 Å². The van der Waals surface area contributed by atoms with Crippen LogP contribution in [0.25, 0.3) is 10.9 Å². The number of nitrogens with two attached hydrogens (primary N) is 1. The normalized spacial score (nSPS) is 17.2. The average Bonchev–Trinajstić information content (AvgIpc) is 2.81. The lowest BCUT2D eigenvalue weighted by molar-refractivity contribution is 0.519. The Morgan fingerprint density at radius 3 is 2.84 bits per heavy atom. The Labute approximate surface area is 112 Å². The molecule has 3 aromatic rings. The minimum atomic E-state index is 0.647. The molecule has 1 aromatic heterocycles. The number of nitrogens with zero attached hydrogens (tertiary/aromatic N) is 1. The van der Waals surface area contributed by atoms with Crippen molar-refractivity contribution in [2.75, 3.05) is 5.73 Å². The number of aromatic nitrogens is 1. The van der Waals surface area contributed by atoms with E-state index < -0.39 is 0 Å². The lowest BCUT2D eigenvalue weighted by atomic mass is 9.77. The van der Waals surface area contributed by atoms with Crippen molar-refractivity contribution in [1.82, 2.24) is 4.57 Å². The molecule has 0 spiro atoms. The molecule has 94 valence electrons. The van der Waals surface area contributed by atoms with E-state index >= 15 is 0 Å². The lowest BCUT2D eigenvalue weighted by Crippen LogP contribution is -2.21. The second-order valence-corrected chi connectivity index (χ2v) is 5.35. The van der Waals surface area contributed by atoms with Gasteiger partial charge in [0.25, 0.3) is 0 Å². The Kier molecular flexibility index (Phi) is 2.18. The fourth-order valence-corrected chi connectivity index (χ4v) is 3.17. The Bertz CT molecular complexity index is 755. The van der Waals surface area contributed by atoms with E-state index in [9.17, 15) is 0 Å². The zero-order chi connectivity index (χ0) is 12.8. The minimum Gasteiger partial charge on any atom is -0.398 e. The van der Waals surface area contributed by atoms with Gasteiger partial charge >= 0.3 is 0 Å². The largest absolute Gasteiger partial charge is 0.398 e. The Morgan fingerprint density at radius 1 is 1.05 bits per heavy atom. The highest BCUT2D eigenvalue weighted by Crippen LogP contribution is 2.36. The van der Waals surface area contributed by atoms with Gasteiger partial charge < -0.3 is 10.3 Å². The first-order valence-corrected chi connectivity index (χ1v) is 6.74. The van der Waals surface area contributed by atoms with Crippen LogP contribution in [0.15, 0.2) is 54.7 Å². The minimum absolute atomic E-state index is 0.647. The van der Waals surface area contributed by atoms with Crippen LogP contribution < -0.4 is 5.73 Å². The van der Waals surface area contributed by atoms with Crippen LogP contribution in [0.1, 0.15) is 17.0 Å². The topological polar surface area (TPSA) is 30.9 Å². The molecule has 4 rings (SSSR count). The van der Waals surface area contributed by atoms with Crippen LogP contribution in [0.2, 0.25) is 0 Å². The number of benzene rings is 2. The van der Waals surface area contributed by atoms with Gasteiger partial charge in [-0.2, -0.15) is 0 Å². The van der Waals surface area contributed by atoms with Gasteiger partial charge in [-0.3, -0.25) is 0 Å². The van der Waals surface area contributed by atoms with E-state index in [1.165, 1.54) is 23.1 Å². The van der Waals surface area contributed by atoms with Gasteiger partial charge in [0.1, 0.15) is 0 Å². The number of nitrogen functional groups attached to an aromatic ring is 1. The fourth-order valence-electron chi connectivity index (χ4n) is 3.17. The highest BCUT2D eigenvalue weighted by Gasteiger charge is 2.25. The molecule has 2 N–H and O–H groups in total. The van der Waals surface area contributed by atoms with Gasteiger partial charge in [0.05, 0.1) is 5.52 Å². The molecule has 1 aliphatic carbocycles. The van der Waals surface area contributed by atoms with Crippen LogP contribution in [0.3, 0.4) is 0 Å². The molecule has 0 bridgehead atoms. The zero-order valence-corrected chi connectivity index (χ0v) is 10.7. The van der Waals surface area contributed by atoms with Crippen molar-refractivity contribution in [2.45, 2.75) is 18.9 Å². The van der Waals surface area contributed by atoms with Crippen LogP contribution in [-0.4, -0.2) is 4.57 Å². The molecule has 1 aliphatic rings. The first-order valence-electron chi connectivity index (χ1n) is 6.74. The first kappa shape index (κ1) is 10.7. The van der Waals surface area contributed by atoms with Crippen LogP contribution in [0.5, 0.6) is 0 Å². The van der Waals surface area contributed by atoms with E-state index in [2.05, 4.69) is 47.2 Å². The molecule has 0 radical (unpaired) electrons. The molecule has 2 aromatic carbocycles. The average molecular weight is 248 g/mol. The SMILES string of the molecule is Nc1cccc2c1ccn2CC1Cc2ccccc21. The van der Waals surface area contributed by atoms with Gasteiger partial charge in [0.2, 0.25) is 0 Å². The summed E-state index contributed by atoms with van der Waals surface area (Å²) in [5.74, 6) is 0.647. The summed E-state index contributed by atoms with van der Waals surface area (Å²) in [7, 11) is 0. The Balaban J connectivity index is 1.69. The second-order valence-electron chi connectivity index (χ2n) is 5.35. The monoisotopic (exact) mass is 248 g/mol. The predicted molar refractivity (Wildman–Crippen MR) is 79.2 cm³/mol. The van der Waals surface area contributed by atoms with Crippen molar-refractivity contribution < 1.29 is 0 Å². The maximum atomic E-state index is 6.01. The third-order valence-corrected chi connectivity index (χ3v) is 4.23. The van der Waals surface area contributed by atoms with E-state index in [4.69, 9.17) is 5.73 Å². The molecule has 0 amide bonds. The second kappa shape index (κ2) is 3.89. The summed E-state index contributed by atoms with van der Waals surface area (Å²) >= 11 is 0. The molecule has 0 aliphatic heterocycles. The summed E-state index contributed by atoms with van der Waals surface area (Å²) in [6, 6.07) is 17.0. The smallest absolute Gasteiger partial charge is 0.0501 e. The molecule has 1 heterocycles. The van der Waals surface area contributed by atoms with Crippen molar-refractivity contribution in [1.29, 1.82) is 0 Å². The molecule has 0 fully saturated rings. The van der Waals surface area contributed by atoms with Crippen LogP contribution in [0, 0.1) is 0 Å². The summed E-state index contributed by atoms with van der Waals surface area (Å²) in [4.78, 5) is 0. The lowest BCUT2D eigenvalue weighted by Gasteiger charge is -2.30. The summed E-state index contributed by atoms with van der Waals surface area (Å²) in [5.41, 5.74) is 11.1. The number of hydrogen-bond acceptors (Lipinski definition) is 1. The van der Waals surface area contributed by atoms with Crippen molar-refractivity contribution >= 4 is 16.6 Å². The molecule has 19 heavy (non-hydrogen) atoms. The number of anilines is 1. The van der Waals surface area contributed by atoms with Crippen molar-refractivity contribution in [2.24, 2.45) is 0 Å². The van der Waals surface area contributed by atoms with Crippen LogP contribution in [0.4, 0.5) is 5.69 Å². The number of fused-ring (bicyclic) bond motifs is 2. The third kappa shape index (κ3) is 1.56. The quantitative estimate of drug-likeness (QED) is 0.691. The number of hydrogen-bond donors (Lipinski definition) is 1. The molecule has 1 atom stereocenters. The van der Waals surface area contributed by atoms with E-state index in [0.717, 1.165) is 17.6 Å². The molecule has 1 unspecified atom stereocenters. The molecule has 2 heteroatoms. The summed E-state index contributed by atoms with van der Waals surface area (Å²) < 4.78 is 2.33. The van der Waals surface area contributed by atoms with Gasteiger partial charge in [0, 0.05) is 29.7 Å². The maximum absolute atomic E-state index is 6.01. The van der Waals surface area contributed by atoms with Gasteiger partial charge in [0.15, 0.2) is 0 Å². The highest BCUT2D eigenvalue weighted by molar-refractivity contribution is 5.91. The van der Waals surface area contributed by atoms with E-state index in [1.54, 1.807) is 0 Å². The van der Waals surface area contributed by atoms with Crippen LogP contribution >= 0.6 is 0 Å². The fraction of sp³-hybridized carbons (Fsp3) is 0.176. The molecular formula is C17H16N2. The van der Waals surface area contributed by atoms with E-state index in [-0.39, 0.29) is 0 Å². The van der Waals surface area contributed by atoms with E-state index in [0.29, 0.717) is 5.92 Å². The van der Waals surface area contributed by atoms with Crippen molar-refractivity contribution in [3.63, 3.8) is 0 Å². The highest BCUT2D eigenvalue weighted by atomic mass is 15.0. The standard InChI is InChI=1S/C17H16N2/c18-16-6-3-7-17-15(16)8-9-19(17)11-13-10-12-4-1-2-5-14(12)13/h1-9,13H,10-11,18H2. The summed E-state index contributed by atoms with van der Waals surface area (Å²) in [6.45, 7) is 1.05. The summed E-state index contributed by atoms with van der Waals surface area (Å²) in [6.07, 6.45) is 3.35. The third-order valence-electron chi connectivity index (χ3n) is 4.23. The van der Waals surface area contributed by atoms with Gasteiger partial charge in [-0.1, -0.05) is 30.3 Å². The maximum Gasteiger partial charge on any atom is 0.0501 e. The van der Waals surface area contributed by atoms with Crippen molar-refractivity contribution in [3.05, 3.63) is 65.9 Å². The molecular weight excluding hydrogens is 232 g/mol. The van der Waals surface area contributed by atoms with E-state index in [1.807, 2.05) is 12.1 Å². The van der Waals surface area contributed by atoms with Gasteiger partial charge in [-0.05, 0) is 35.7 Å². The van der Waals surface area contributed by atoms with Gasteiger partial charge in [-0.15, -0.1) is 0 Å². The predicted octanol–water partition coefficient (Wildman–Crippen LogP) is 3.56.